The molecule has 4 nitrogen and oxygen atoms in total. The van der Waals surface area contributed by atoms with Crippen LogP contribution in [0.1, 0.15) is 39.5 Å². The first-order chi connectivity index (χ1) is 9.19. The number of rotatable bonds is 6. The zero-order valence-corrected chi connectivity index (χ0v) is 12.0. The van der Waals surface area contributed by atoms with Crippen molar-refractivity contribution < 1.29 is 0 Å². The Bertz CT molecular complexity index is 449. The third-order valence-corrected chi connectivity index (χ3v) is 3.66. The normalized spacial score (nSPS) is 20.4. The van der Waals surface area contributed by atoms with Crippen LogP contribution in [0.4, 0.5) is 5.69 Å². The highest BCUT2D eigenvalue weighted by Gasteiger charge is 2.16. The van der Waals surface area contributed by atoms with E-state index in [-0.39, 0.29) is 5.56 Å². The Morgan fingerprint density at radius 1 is 1.53 bits per heavy atom. The van der Waals surface area contributed by atoms with Gasteiger partial charge in [0.2, 0.25) is 0 Å². The Morgan fingerprint density at radius 2 is 2.37 bits per heavy atom. The number of hydrogen-bond donors (Lipinski definition) is 2. The second-order valence-corrected chi connectivity index (χ2v) is 5.52. The van der Waals surface area contributed by atoms with Gasteiger partial charge in [0.05, 0.1) is 5.69 Å². The average Bonchev–Trinajstić information content (AvgIpc) is 2.86. The van der Waals surface area contributed by atoms with Gasteiger partial charge in [0.25, 0.3) is 5.56 Å². The summed E-state index contributed by atoms with van der Waals surface area (Å²) in [5, 5.41) is 7.01. The molecule has 0 amide bonds. The summed E-state index contributed by atoms with van der Waals surface area (Å²) >= 11 is 0. The summed E-state index contributed by atoms with van der Waals surface area (Å²) in [7, 11) is 0. The van der Waals surface area contributed by atoms with Crippen LogP contribution in [0.25, 0.3) is 0 Å². The second-order valence-electron chi connectivity index (χ2n) is 5.52. The summed E-state index contributed by atoms with van der Waals surface area (Å²) < 4.78 is 1.78. The number of anilines is 1. The van der Waals surface area contributed by atoms with Gasteiger partial charge in [-0.3, -0.25) is 4.79 Å². The summed E-state index contributed by atoms with van der Waals surface area (Å²) in [5.74, 6) is 0. The lowest BCUT2D eigenvalue weighted by Crippen LogP contribution is -2.29. The molecule has 2 rings (SSSR count). The summed E-state index contributed by atoms with van der Waals surface area (Å²) in [6, 6.07) is 4.60. The van der Waals surface area contributed by atoms with Crippen molar-refractivity contribution in [1.29, 1.82) is 0 Å². The summed E-state index contributed by atoms with van der Waals surface area (Å²) in [4.78, 5) is 11.7. The van der Waals surface area contributed by atoms with Crippen LogP contribution in [-0.4, -0.2) is 23.2 Å². The SMILES string of the molecule is CCCn1cc(NC(C)CC2CCCN2)ccc1=O. The van der Waals surface area contributed by atoms with Crippen molar-refractivity contribution in [2.75, 3.05) is 11.9 Å². The maximum absolute atomic E-state index is 11.7. The highest BCUT2D eigenvalue weighted by atomic mass is 16.1. The Morgan fingerprint density at radius 3 is 3.05 bits per heavy atom. The zero-order chi connectivity index (χ0) is 13.7. The van der Waals surface area contributed by atoms with Gasteiger partial charge in [0, 0.05) is 30.9 Å². The fourth-order valence-electron chi connectivity index (χ4n) is 2.76. The predicted molar refractivity (Wildman–Crippen MR) is 79.7 cm³/mol. The first-order valence-corrected chi connectivity index (χ1v) is 7.39. The summed E-state index contributed by atoms with van der Waals surface area (Å²) in [5.41, 5.74) is 1.12. The third kappa shape index (κ3) is 4.10. The molecule has 1 aliphatic rings. The van der Waals surface area contributed by atoms with E-state index in [1.807, 2.05) is 12.3 Å². The van der Waals surface area contributed by atoms with Crippen LogP contribution in [0.3, 0.4) is 0 Å². The van der Waals surface area contributed by atoms with E-state index in [1.54, 1.807) is 10.6 Å². The van der Waals surface area contributed by atoms with Crippen LogP contribution in [0.2, 0.25) is 0 Å². The molecule has 4 heteroatoms. The molecule has 1 fully saturated rings. The minimum Gasteiger partial charge on any atom is -0.381 e. The van der Waals surface area contributed by atoms with Crippen molar-refractivity contribution in [2.45, 2.75) is 58.2 Å². The number of nitrogens with zero attached hydrogens (tertiary/aromatic N) is 1. The van der Waals surface area contributed by atoms with Gasteiger partial charge in [-0.05, 0) is 45.2 Å². The van der Waals surface area contributed by atoms with E-state index in [4.69, 9.17) is 0 Å². The van der Waals surface area contributed by atoms with Crippen LogP contribution >= 0.6 is 0 Å². The Hall–Kier alpha value is -1.29. The van der Waals surface area contributed by atoms with E-state index in [2.05, 4.69) is 24.5 Å². The molecule has 2 N–H and O–H groups in total. The van der Waals surface area contributed by atoms with Crippen molar-refractivity contribution >= 4 is 5.69 Å². The molecule has 2 atom stereocenters. The predicted octanol–water partition coefficient (Wildman–Crippen LogP) is 2.20. The zero-order valence-electron chi connectivity index (χ0n) is 12.0. The number of aryl methyl sites for hydroxylation is 1. The quantitative estimate of drug-likeness (QED) is 0.827. The molecule has 1 saturated heterocycles. The first-order valence-electron chi connectivity index (χ1n) is 7.39. The van der Waals surface area contributed by atoms with Crippen LogP contribution in [0.15, 0.2) is 23.1 Å². The lowest BCUT2D eigenvalue weighted by atomic mass is 10.1. The molecular weight excluding hydrogens is 238 g/mol. The largest absolute Gasteiger partial charge is 0.381 e. The van der Waals surface area contributed by atoms with Crippen molar-refractivity contribution in [2.24, 2.45) is 0 Å². The van der Waals surface area contributed by atoms with E-state index in [9.17, 15) is 4.79 Å². The highest BCUT2D eigenvalue weighted by molar-refractivity contribution is 5.41. The number of pyridine rings is 1. The molecule has 0 spiro atoms. The second kappa shape index (κ2) is 6.75. The number of nitrogens with one attached hydrogen (secondary N) is 2. The van der Waals surface area contributed by atoms with Crippen molar-refractivity contribution in [3.63, 3.8) is 0 Å². The van der Waals surface area contributed by atoms with E-state index in [1.165, 1.54) is 12.8 Å². The van der Waals surface area contributed by atoms with Crippen molar-refractivity contribution in [1.82, 2.24) is 9.88 Å². The van der Waals surface area contributed by atoms with Crippen molar-refractivity contribution in [3.05, 3.63) is 28.7 Å². The number of hydrogen-bond acceptors (Lipinski definition) is 3. The van der Waals surface area contributed by atoms with E-state index in [0.29, 0.717) is 12.1 Å². The van der Waals surface area contributed by atoms with E-state index < -0.39 is 0 Å². The van der Waals surface area contributed by atoms with Crippen molar-refractivity contribution in [3.8, 4) is 0 Å². The topological polar surface area (TPSA) is 46.1 Å². The molecule has 1 aliphatic heterocycles. The van der Waals surface area contributed by atoms with E-state index in [0.717, 1.165) is 31.6 Å². The van der Waals surface area contributed by atoms with Crippen LogP contribution in [0, 0.1) is 0 Å². The Labute approximate surface area is 115 Å². The third-order valence-electron chi connectivity index (χ3n) is 3.66. The Kier molecular flexibility index (Phi) is 5.02. The number of aromatic nitrogens is 1. The molecule has 2 heterocycles. The molecule has 0 aliphatic carbocycles. The molecule has 1 aromatic heterocycles. The molecular formula is C15H25N3O. The van der Waals surface area contributed by atoms with Gasteiger partial charge in [0.15, 0.2) is 0 Å². The smallest absolute Gasteiger partial charge is 0.250 e. The first kappa shape index (κ1) is 14.1. The van der Waals surface area contributed by atoms with Gasteiger partial charge in [-0.15, -0.1) is 0 Å². The molecule has 0 aromatic carbocycles. The maximum atomic E-state index is 11.7. The molecule has 19 heavy (non-hydrogen) atoms. The average molecular weight is 263 g/mol. The molecule has 0 saturated carbocycles. The van der Waals surface area contributed by atoms with Gasteiger partial charge in [0.1, 0.15) is 0 Å². The monoisotopic (exact) mass is 263 g/mol. The Balaban J connectivity index is 1.93. The van der Waals surface area contributed by atoms with Crippen LogP contribution in [-0.2, 0) is 6.54 Å². The molecule has 106 valence electrons. The fourth-order valence-corrected chi connectivity index (χ4v) is 2.76. The molecule has 0 radical (unpaired) electrons. The standard InChI is InChI=1S/C15H25N3O/c1-3-9-18-11-14(6-7-15(18)19)17-12(2)10-13-5-4-8-16-13/h6-7,11-13,16-17H,3-5,8-10H2,1-2H3. The molecule has 2 unspecified atom stereocenters. The fraction of sp³-hybridized carbons (Fsp3) is 0.667. The lowest BCUT2D eigenvalue weighted by molar-refractivity contribution is 0.523. The van der Waals surface area contributed by atoms with Gasteiger partial charge in [-0.1, -0.05) is 6.92 Å². The van der Waals surface area contributed by atoms with Gasteiger partial charge in [-0.2, -0.15) is 0 Å². The lowest BCUT2D eigenvalue weighted by Gasteiger charge is -2.19. The van der Waals surface area contributed by atoms with Gasteiger partial charge >= 0.3 is 0 Å². The summed E-state index contributed by atoms with van der Waals surface area (Å²) in [6.07, 6.45) is 6.61. The summed E-state index contributed by atoms with van der Waals surface area (Å²) in [6.45, 7) is 6.22. The van der Waals surface area contributed by atoms with Gasteiger partial charge in [-0.25, -0.2) is 0 Å². The molecule has 1 aromatic rings. The minimum atomic E-state index is 0.0810. The highest BCUT2D eigenvalue weighted by Crippen LogP contribution is 2.14. The van der Waals surface area contributed by atoms with Crippen LogP contribution in [0.5, 0.6) is 0 Å². The maximum Gasteiger partial charge on any atom is 0.250 e. The van der Waals surface area contributed by atoms with E-state index >= 15 is 0 Å². The van der Waals surface area contributed by atoms with Crippen LogP contribution < -0.4 is 16.2 Å². The minimum absolute atomic E-state index is 0.0810. The molecule has 0 bridgehead atoms. The van der Waals surface area contributed by atoms with Gasteiger partial charge < -0.3 is 15.2 Å².